The lowest BCUT2D eigenvalue weighted by atomic mass is 9.74. The van der Waals surface area contributed by atoms with Gasteiger partial charge in [0.1, 0.15) is 0 Å². The molecule has 1 aromatic rings. The minimum Gasteiger partial charge on any atom is -0.378 e. The van der Waals surface area contributed by atoms with Crippen molar-refractivity contribution in [3.8, 4) is 0 Å². The Balaban J connectivity index is 2.09. The van der Waals surface area contributed by atoms with Gasteiger partial charge in [-0.15, -0.1) is 0 Å². The largest absolute Gasteiger partial charge is 0.378 e. The molecular formula is C18H29NO. The zero-order chi connectivity index (χ0) is 14.6. The Morgan fingerprint density at radius 3 is 2.35 bits per heavy atom. The van der Waals surface area contributed by atoms with Crippen LogP contribution < -0.4 is 5.32 Å². The summed E-state index contributed by atoms with van der Waals surface area (Å²) in [4.78, 5) is 0. The van der Waals surface area contributed by atoms with E-state index in [9.17, 15) is 0 Å². The van der Waals surface area contributed by atoms with Crippen molar-refractivity contribution in [2.75, 3.05) is 13.7 Å². The normalized spacial score (nSPS) is 18.6. The summed E-state index contributed by atoms with van der Waals surface area (Å²) in [6, 6.07) is 7.11. The zero-order valence-electron chi connectivity index (χ0n) is 13.5. The van der Waals surface area contributed by atoms with Crippen LogP contribution in [0.4, 0.5) is 0 Å². The van der Waals surface area contributed by atoms with Gasteiger partial charge >= 0.3 is 0 Å². The first-order valence-electron chi connectivity index (χ1n) is 7.94. The van der Waals surface area contributed by atoms with Gasteiger partial charge in [0, 0.05) is 13.2 Å². The van der Waals surface area contributed by atoms with Crippen molar-refractivity contribution in [1.29, 1.82) is 0 Å². The van der Waals surface area contributed by atoms with Crippen LogP contribution >= 0.6 is 0 Å². The van der Waals surface area contributed by atoms with Gasteiger partial charge in [-0.05, 0) is 69.2 Å². The van der Waals surface area contributed by atoms with Gasteiger partial charge in [-0.25, -0.2) is 0 Å². The molecule has 0 spiro atoms. The van der Waals surface area contributed by atoms with Crippen LogP contribution in [0.25, 0.3) is 0 Å². The van der Waals surface area contributed by atoms with E-state index in [2.05, 4.69) is 44.3 Å². The fraction of sp³-hybridized carbons (Fsp3) is 0.667. The van der Waals surface area contributed by atoms with E-state index < -0.39 is 0 Å². The van der Waals surface area contributed by atoms with E-state index in [1.807, 2.05) is 7.11 Å². The van der Waals surface area contributed by atoms with Crippen molar-refractivity contribution < 1.29 is 4.74 Å². The van der Waals surface area contributed by atoms with Gasteiger partial charge in [-0.3, -0.25) is 0 Å². The van der Waals surface area contributed by atoms with E-state index in [1.165, 1.54) is 36.0 Å². The molecule has 1 fully saturated rings. The number of rotatable bonds is 7. The predicted molar refractivity (Wildman–Crippen MR) is 85.3 cm³/mol. The zero-order valence-corrected chi connectivity index (χ0v) is 13.5. The van der Waals surface area contributed by atoms with Crippen molar-refractivity contribution in [3.63, 3.8) is 0 Å². The summed E-state index contributed by atoms with van der Waals surface area (Å²) >= 11 is 0. The molecule has 2 heteroatoms. The summed E-state index contributed by atoms with van der Waals surface area (Å²) in [5, 5.41) is 3.66. The molecule has 0 radical (unpaired) electrons. The molecule has 0 aromatic heterocycles. The Bertz CT molecular complexity index is 411. The second-order valence-electron chi connectivity index (χ2n) is 6.27. The van der Waals surface area contributed by atoms with Crippen LogP contribution in [-0.4, -0.2) is 25.3 Å². The fourth-order valence-electron chi connectivity index (χ4n) is 3.43. The highest BCUT2D eigenvalue weighted by Crippen LogP contribution is 2.39. The summed E-state index contributed by atoms with van der Waals surface area (Å²) in [5.41, 5.74) is 4.47. The van der Waals surface area contributed by atoms with Crippen LogP contribution in [-0.2, 0) is 11.2 Å². The molecule has 0 heterocycles. The lowest BCUT2D eigenvalue weighted by Crippen LogP contribution is -2.46. The fourth-order valence-corrected chi connectivity index (χ4v) is 3.43. The number of benzene rings is 1. The number of aryl methyl sites for hydroxylation is 2. The maximum Gasteiger partial charge on any atom is 0.0693 e. The average Bonchev–Trinajstić information content (AvgIpc) is 2.38. The first-order valence-corrected chi connectivity index (χ1v) is 7.94. The van der Waals surface area contributed by atoms with Crippen molar-refractivity contribution in [2.45, 2.75) is 64.5 Å². The summed E-state index contributed by atoms with van der Waals surface area (Å²) < 4.78 is 5.81. The smallest absolute Gasteiger partial charge is 0.0693 e. The standard InChI is InChI=1S/C18H29NO/c1-5-19-16(13-18(20-4)10-7-11-18)12-17-14(2)8-6-9-15(17)3/h6,8-9,16,19H,5,7,10-13H2,1-4H3. The van der Waals surface area contributed by atoms with E-state index in [0.29, 0.717) is 6.04 Å². The predicted octanol–water partition coefficient (Wildman–Crippen LogP) is 3.78. The van der Waals surface area contributed by atoms with Crippen LogP contribution in [0.5, 0.6) is 0 Å². The van der Waals surface area contributed by atoms with E-state index in [-0.39, 0.29) is 5.60 Å². The molecule has 0 aliphatic heterocycles. The van der Waals surface area contributed by atoms with Gasteiger partial charge in [0.25, 0.3) is 0 Å². The molecule has 1 unspecified atom stereocenters. The number of likely N-dealkylation sites (N-methyl/N-ethyl adjacent to an activating group) is 1. The minimum atomic E-state index is 0.142. The number of hydrogen-bond donors (Lipinski definition) is 1. The molecule has 0 amide bonds. The van der Waals surface area contributed by atoms with Crippen LogP contribution in [0.1, 0.15) is 49.3 Å². The summed E-state index contributed by atoms with van der Waals surface area (Å²) in [7, 11) is 1.88. The van der Waals surface area contributed by atoms with E-state index in [4.69, 9.17) is 4.74 Å². The van der Waals surface area contributed by atoms with Crippen LogP contribution in [0.15, 0.2) is 18.2 Å². The monoisotopic (exact) mass is 275 g/mol. The molecule has 1 saturated carbocycles. The Morgan fingerprint density at radius 2 is 1.90 bits per heavy atom. The lowest BCUT2D eigenvalue weighted by molar-refractivity contribution is -0.0833. The average molecular weight is 275 g/mol. The molecular weight excluding hydrogens is 246 g/mol. The highest BCUT2D eigenvalue weighted by atomic mass is 16.5. The topological polar surface area (TPSA) is 21.3 Å². The molecule has 1 atom stereocenters. The van der Waals surface area contributed by atoms with Crippen LogP contribution in [0.2, 0.25) is 0 Å². The van der Waals surface area contributed by atoms with Crippen LogP contribution in [0.3, 0.4) is 0 Å². The molecule has 1 aliphatic rings. The van der Waals surface area contributed by atoms with Crippen molar-refractivity contribution in [3.05, 3.63) is 34.9 Å². The molecule has 2 rings (SSSR count). The maximum absolute atomic E-state index is 5.81. The molecule has 20 heavy (non-hydrogen) atoms. The first-order chi connectivity index (χ1) is 9.60. The van der Waals surface area contributed by atoms with Gasteiger partial charge in [-0.1, -0.05) is 25.1 Å². The second-order valence-corrected chi connectivity index (χ2v) is 6.27. The Kier molecular flexibility index (Phi) is 5.22. The second kappa shape index (κ2) is 6.73. The molecule has 112 valence electrons. The van der Waals surface area contributed by atoms with Crippen molar-refractivity contribution in [1.82, 2.24) is 5.32 Å². The summed E-state index contributed by atoms with van der Waals surface area (Å²) in [6.45, 7) is 7.66. The number of nitrogens with one attached hydrogen (secondary N) is 1. The Morgan fingerprint density at radius 1 is 1.25 bits per heavy atom. The van der Waals surface area contributed by atoms with Gasteiger partial charge < -0.3 is 10.1 Å². The molecule has 1 N–H and O–H groups in total. The Hall–Kier alpha value is -0.860. The third kappa shape index (κ3) is 3.42. The third-order valence-electron chi connectivity index (χ3n) is 4.90. The highest BCUT2D eigenvalue weighted by Gasteiger charge is 2.38. The highest BCUT2D eigenvalue weighted by molar-refractivity contribution is 5.34. The van der Waals surface area contributed by atoms with E-state index in [0.717, 1.165) is 19.4 Å². The molecule has 2 nitrogen and oxygen atoms in total. The summed E-state index contributed by atoms with van der Waals surface area (Å²) in [5.74, 6) is 0. The number of methoxy groups -OCH3 is 1. The van der Waals surface area contributed by atoms with Crippen molar-refractivity contribution in [2.24, 2.45) is 0 Å². The Labute approximate surface area is 123 Å². The SMILES string of the molecule is CCNC(Cc1c(C)cccc1C)CC1(OC)CCC1. The quantitative estimate of drug-likeness (QED) is 0.817. The molecule has 0 saturated heterocycles. The van der Waals surface area contributed by atoms with Crippen molar-refractivity contribution >= 4 is 0 Å². The minimum absolute atomic E-state index is 0.142. The van der Waals surface area contributed by atoms with Gasteiger partial charge in [-0.2, -0.15) is 0 Å². The van der Waals surface area contributed by atoms with Gasteiger partial charge in [0.15, 0.2) is 0 Å². The maximum atomic E-state index is 5.81. The van der Waals surface area contributed by atoms with E-state index in [1.54, 1.807) is 0 Å². The lowest BCUT2D eigenvalue weighted by Gasteiger charge is -2.43. The molecule has 1 aromatic carbocycles. The van der Waals surface area contributed by atoms with Gasteiger partial charge in [0.2, 0.25) is 0 Å². The van der Waals surface area contributed by atoms with E-state index >= 15 is 0 Å². The third-order valence-corrected chi connectivity index (χ3v) is 4.90. The van der Waals surface area contributed by atoms with Gasteiger partial charge in [0.05, 0.1) is 5.60 Å². The number of ether oxygens (including phenoxy) is 1. The summed E-state index contributed by atoms with van der Waals surface area (Å²) in [6.07, 6.45) is 5.99. The van der Waals surface area contributed by atoms with Crippen LogP contribution in [0, 0.1) is 13.8 Å². The molecule has 1 aliphatic carbocycles. The molecule has 0 bridgehead atoms. The first kappa shape index (κ1) is 15.5. The number of hydrogen-bond acceptors (Lipinski definition) is 2.